The average Bonchev–Trinajstić information content (AvgIpc) is 2.70. The molecule has 0 unspecified atom stereocenters. The number of sulfonamides is 1. The predicted octanol–water partition coefficient (Wildman–Crippen LogP) is 2.41. The molecule has 0 aliphatic carbocycles. The van der Waals surface area contributed by atoms with Crippen LogP contribution in [-0.2, 0) is 14.8 Å². The van der Waals surface area contributed by atoms with Gasteiger partial charge in [-0.25, -0.2) is 22.2 Å². The van der Waals surface area contributed by atoms with Crippen molar-refractivity contribution in [2.24, 2.45) is 5.92 Å². The molecule has 3 rings (SSSR count). The minimum absolute atomic E-state index is 0.0389. The summed E-state index contributed by atoms with van der Waals surface area (Å²) < 4.78 is 58.4. The fourth-order valence-corrected chi connectivity index (χ4v) is 4.54. The van der Waals surface area contributed by atoms with Crippen molar-refractivity contribution in [2.45, 2.75) is 17.7 Å². The number of carbonyl (C=O) groups is 1. The summed E-state index contributed by atoms with van der Waals surface area (Å²) >= 11 is 0. The SMILES string of the molecule is COc1ccc(NC(=O)C2CCN(S(=O)(=O)c3cc(F)ccc3F)CC2)cn1. The van der Waals surface area contributed by atoms with Gasteiger partial charge in [0.2, 0.25) is 21.8 Å². The number of carbonyl (C=O) groups excluding carboxylic acids is 1. The molecular formula is C18H19F2N3O4S. The Morgan fingerprint density at radius 2 is 1.93 bits per heavy atom. The van der Waals surface area contributed by atoms with Gasteiger partial charge < -0.3 is 10.1 Å². The van der Waals surface area contributed by atoms with Gasteiger partial charge in [0.1, 0.15) is 16.5 Å². The fourth-order valence-electron chi connectivity index (χ4n) is 2.99. The van der Waals surface area contributed by atoms with E-state index in [4.69, 9.17) is 4.74 Å². The van der Waals surface area contributed by atoms with Crippen LogP contribution in [0.4, 0.5) is 14.5 Å². The number of piperidine rings is 1. The summed E-state index contributed by atoms with van der Waals surface area (Å²) in [4.78, 5) is 15.7. The number of halogens is 2. The first-order valence-corrected chi connectivity index (χ1v) is 10.0. The van der Waals surface area contributed by atoms with Crippen LogP contribution in [0.25, 0.3) is 0 Å². The molecule has 1 saturated heterocycles. The van der Waals surface area contributed by atoms with Gasteiger partial charge in [0.15, 0.2) is 0 Å². The zero-order valence-corrected chi connectivity index (χ0v) is 15.9. The molecular weight excluding hydrogens is 392 g/mol. The van der Waals surface area contributed by atoms with Crippen molar-refractivity contribution in [3.05, 3.63) is 48.2 Å². The highest BCUT2D eigenvalue weighted by atomic mass is 32.2. The number of benzene rings is 1. The van der Waals surface area contributed by atoms with Crippen molar-refractivity contribution in [1.29, 1.82) is 0 Å². The van der Waals surface area contributed by atoms with Gasteiger partial charge in [-0.15, -0.1) is 0 Å². The third kappa shape index (κ3) is 4.28. The Morgan fingerprint density at radius 3 is 2.54 bits per heavy atom. The van der Waals surface area contributed by atoms with Crippen molar-refractivity contribution in [3.63, 3.8) is 0 Å². The van der Waals surface area contributed by atoms with Gasteiger partial charge in [-0.1, -0.05) is 0 Å². The normalized spacial score (nSPS) is 16.0. The number of aromatic nitrogens is 1. The molecule has 0 saturated carbocycles. The van der Waals surface area contributed by atoms with Gasteiger partial charge in [-0.3, -0.25) is 4.79 Å². The zero-order valence-electron chi connectivity index (χ0n) is 15.1. The van der Waals surface area contributed by atoms with Crippen molar-refractivity contribution in [3.8, 4) is 5.88 Å². The van der Waals surface area contributed by atoms with Crippen LogP contribution >= 0.6 is 0 Å². The van der Waals surface area contributed by atoms with Crippen molar-refractivity contribution < 1.29 is 26.7 Å². The van der Waals surface area contributed by atoms with Crippen LogP contribution in [0.2, 0.25) is 0 Å². The highest BCUT2D eigenvalue weighted by Gasteiger charge is 2.33. The summed E-state index contributed by atoms with van der Waals surface area (Å²) in [6.07, 6.45) is 2.00. The molecule has 0 spiro atoms. The van der Waals surface area contributed by atoms with E-state index in [1.165, 1.54) is 13.3 Å². The van der Waals surface area contributed by atoms with E-state index in [1.54, 1.807) is 12.1 Å². The van der Waals surface area contributed by atoms with Crippen molar-refractivity contribution in [2.75, 3.05) is 25.5 Å². The Bertz CT molecular complexity index is 959. The van der Waals surface area contributed by atoms with E-state index in [9.17, 15) is 22.0 Å². The number of ether oxygens (including phenoxy) is 1. The summed E-state index contributed by atoms with van der Waals surface area (Å²) in [6, 6.07) is 5.57. The molecule has 1 aromatic heterocycles. The number of methoxy groups -OCH3 is 1. The predicted molar refractivity (Wildman–Crippen MR) is 97.3 cm³/mol. The zero-order chi connectivity index (χ0) is 20.3. The molecule has 0 radical (unpaired) electrons. The Balaban J connectivity index is 1.63. The van der Waals surface area contributed by atoms with Crippen LogP contribution in [0.15, 0.2) is 41.4 Å². The molecule has 0 atom stereocenters. The number of hydrogen-bond donors (Lipinski definition) is 1. The molecule has 0 bridgehead atoms. The molecule has 7 nitrogen and oxygen atoms in total. The first kappa shape index (κ1) is 20.2. The molecule has 1 amide bonds. The van der Waals surface area contributed by atoms with Crippen LogP contribution < -0.4 is 10.1 Å². The minimum Gasteiger partial charge on any atom is -0.481 e. The van der Waals surface area contributed by atoms with Gasteiger partial charge >= 0.3 is 0 Å². The van der Waals surface area contributed by atoms with E-state index in [0.29, 0.717) is 17.6 Å². The molecule has 1 fully saturated rings. The van der Waals surface area contributed by atoms with E-state index in [-0.39, 0.29) is 31.8 Å². The summed E-state index contributed by atoms with van der Waals surface area (Å²) in [7, 11) is -2.68. The second-order valence-corrected chi connectivity index (χ2v) is 8.24. The van der Waals surface area contributed by atoms with Crippen LogP contribution in [0.1, 0.15) is 12.8 Å². The number of rotatable bonds is 5. The fraction of sp³-hybridized carbons (Fsp3) is 0.333. The van der Waals surface area contributed by atoms with E-state index in [2.05, 4.69) is 10.3 Å². The van der Waals surface area contributed by atoms with E-state index in [1.807, 2.05) is 0 Å². The lowest BCUT2D eigenvalue weighted by Crippen LogP contribution is -2.41. The highest BCUT2D eigenvalue weighted by Crippen LogP contribution is 2.26. The number of nitrogens with zero attached hydrogens (tertiary/aromatic N) is 2. The molecule has 1 aliphatic rings. The Morgan fingerprint density at radius 1 is 1.21 bits per heavy atom. The third-order valence-electron chi connectivity index (χ3n) is 4.55. The van der Waals surface area contributed by atoms with Crippen LogP contribution in [0.3, 0.4) is 0 Å². The first-order chi connectivity index (χ1) is 13.3. The molecule has 2 aromatic rings. The second kappa shape index (κ2) is 8.19. The van der Waals surface area contributed by atoms with Crippen LogP contribution in [-0.4, -0.2) is 43.8 Å². The van der Waals surface area contributed by atoms with Crippen molar-refractivity contribution >= 4 is 21.6 Å². The lowest BCUT2D eigenvalue weighted by atomic mass is 9.97. The highest BCUT2D eigenvalue weighted by molar-refractivity contribution is 7.89. The summed E-state index contributed by atoms with van der Waals surface area (Å²) in [5.41, 5.74) is 0.502. The van der Waals surface area contributed by atoms with Gasteiger partial charge in [0.25, 0.3) is 0 Å². The average molecular weight is 411 g/mol. The van der Waals surface area contributed by atoms with Gasteiger partial charge in [0.05, 0.1) is 19.0 Å². The van der Waals surface area contributed by atoms with Gasteiger partial charge in [-0.05, 0) is 37.1 Å². The Hall–Kier alpha value is -2.59. The van der Waals surface area contributed by atoms with E-state index in [0.717, 1.165) is 16.4 Å². The Kier molecular flexibility index (Phi) is 5.90. The second-order valence-electron chi connectivity index (χ2n) is 6.33. The molecule has 1 aromatic carbocycles. The maximum Gasteiger partial charge on any atom is 0.246 e. The molecule has 150 valence electrons. The van der Waals surface area contributed by atoms with Crippen LogP contribution in [0, 0.1) is 17.6 Å². The number of hydrogen-bond acceptors (Lipinski definition) is 5. The quantitative estimate of drug-likeness (QED) is 0.816. The monoisotopic (exact) mass is 411 g/mol. The Labute approximate surface area is 161 Å². The smallest absolute Gasteiger partial charge is 0.246 e. The molecule has 1 aliphatic heterocycles. The number of amides is 1. The maximum atomic E-state index is 13.9. The lowest BCUT2D eigenvalue weighted by Gasteiger charge is -2.30. The number of anilines is 1. The minimum atomic E-state index is -4.17. The standard InChI is InChI=1S/C18H19F2N3O4S/c1-27-17-5-3-14(11-21-17)22-18(24)12-6-8-23(9-7-12)28(25,26)16-10-13(19)2-4-15(16)20/h2-5,10-12H,6-9H2,1H3,(H,22,24). The van der Waals surface area contributed by atoms with Gasteiger partial charge in [0, 0.05) is 25.1 Å². The third-order valence-corrected chi connectivity index (χ3v) is 6.46. The van der Waals surface area contributed by atoms with Gasteiger partial charge in [-0.2, -0.15) is 4.31 Å². The first-order valence-electron chi connectivity index (χ1n) is 8.57. The van der Waals surface area contributed by atoms with E-state index >= 15 is 0 Å². The number of pyridine rings is 1. The summed E-state index contributed by atoms with van der Waals surface area (Å²) in [5.74, 6) is -2.07. The van der Waals surface area contributed by atoms with Crippen molar-refractivity contribution in [1.82, 2.24) is 9.29 Å². The molecule has 10 heteroatoms. The van der Waals surface area contributed by atoms with Crippen LogP contribution in [0.5, 0.6) is 5.88 Å². The largest absolute Gasteiger partial charge is 0.481 e. The topological polar surface area (TPSA) is 88.6 Å². The summed E-state index contributed by atoms with van der Waals surface area (Å²) in [5, 5.41) is 2.73. The van der Waals surface area contributed by atoms with E-state index < -0.39 is 32.5 Å². The molecule has 28 heavy (non-hydrogen) atoms. The molecule has 2 heterocycles. The number of nitrogens with one attached hydrogen (secondary N) is 1. The summed E-state index contributed by atoms with van der Waals surface area (Å²) in [6.45, 7) is 0.0778. The maximum absolute atomic E-state index is 13.9. The molecule has 1 N–H and O–H groups in total. The lowest BCUT2D eigenvalue weighted by molar-refractivity contribution is -0.120.